The fourth-order valence-corrected chi connectivity index (χ4v) is 4.95. The van der Waals surface area contributed by atoms with Crippen molar-refractivity contribution in [1.82, 2.24) is 21.3 Å². The van der Waals surface area contributed by atoms with Gasteiger partial charge < -0.3 is 21.3 Å². The van der Waals surface area contributed by atoms with Gasteiger partial charge >= 0.3 is 0 Å². The predicted molar refractivity (Wildman–Crippen MR) is 137 cm³/mol. The highest BCUT2D eigenvalue weighted by molar-refractivity contribution is 6.38. The van der Waals surface area contributed by atoms with Gasteiger partial charge in [0, 0.05) is 24.4 Å². The molecule has 1 aliphatic heterocycles. The molecule has 1 aromatic carbocycles. The Labute approximate surface area is 217 Å². The van der Waals surface area contributed by atoms with Crippen LogP contribution in [0.25, 0.3) is 0 Å². The molecule has 200 valence electrons. The Kier molecular flexibility index (Phi) is 7.99. The summed E-state index contributed by atoms with van der Waals surface area (Å²) in [5.41, 5.74) is 0.813. The van der Waals surface area contributed by atoms with Crippen molar-refractivity contribution >= 4 is 29.4 Å². The Hall–Kier alpha value is -3.23. The summed E-state index contributed by atoms with van der Waals surface area (Å²) in [5.74, 6) is -2.94. The minimum Gasteiger partial charge on any atom is -0.356 e. The van der Waals surface area contributed by atoms with Crippen LogP contribution in [0.3, 0.4) is 0 Å². The zero-order valence-corrected chi connectivity index (χ0v) is 21.8. The van der Waals surface area contributed by atoms with E-state index in [0.717, 1.165) is 24.8 Å². The monoisotopic (exact) mass is 510 g/mol. The highest BCUT2D eigenvalue weighted by Crippen LogP contribution is 2.47. The first-order valence-corrected chi connectivity index (χ1v) is 13.3. The number of amides is 4. The molecule has 9 heteroatoms. The first-order valence-electron chi connectivity index (χ1n) is 13.3. The molecule has 2 unspecified atom stereocenters. The van der Waals surface area contributed by atoms with E-state index in [1.807, 2.05) is 51.1 Å². The van der Waals surface area contributed by atoms with Crippen molar-refractivity contribution in [2.75, 3.05) is 6.54 Å². The minimum atomic E-state index is -1.14. The highest BCUT2D eigenvalue weighted by atomic mass is 16.2. The van der Waals surface area contributed by atoms with Crippen LogP contribution in [0.5, 0.6) is 0 Å². The fourth-order valence-electron chi connectivity index (χ4n) is 4.95. The average Bonchev–Trinajstić information content (AvgIpc) is 3.77. The van der Waals surface area contributed by atoms with E-state index < -0.39 is 35.6 Å². The van der Waals surface area contributed by atoms with Crippen molar-refractivity contribution in [2.24, 2.45) is 17.3 Å². The Morgan fingerprint density at radius 1 is 1.00 bits per heavy atom. The van der Waals surface area contributed by atoms with E-state index in [4.69, 9.17) is 0 Å². The number of nitrogens with one attached hydrogen (secondary N) is 4. The molecule has 5 atom stereocenters. The summed E-state index contributed by atoms with van der Waals surface area (Å²) in [6, 6.07) is 7.80. The van der Waals surface area contributed by atoms with Crippen molar-refractivity contribution in [3.8, 4) is 0 Å². The van der Waals surface area contributed by atoms with Crippen LogP contribution in [-0.4, -0.2) is 54.1 Å². The minimum absolute atomic E-state index is 0.00777. The number of rotatable bonds is 11. The van der Waals surface area contributed by atoms with Crippen LogP contribution in [0.15, 0.2) is 30.3 Å². The molecule has 1 saturated heterocycles. The molecule has 0 aromatic heterocycles. The summed E-state index contributed by atoms with van der Waals surface area (Å²) in [5, 5.41) is 11.0. The Bertz CT molecular complexity index is 1050. The molecule has 0 radical (unpaired) electrons. The zero-order valence-electron chi connectivity index (χ0n) is 21.8. The van der Waals surface area contributed by atoms with E-state index >= 15 is 0 Å². The van der Waals surface area contributed by atoms with Gasteiger partial charge in [0.15, 0.2) is 0 Å². The van der Waals surface area contributed by atoms with E-state index in [1.54, 1.807) is 0 Å². The SMILES string of the molecule is CC(C)(C)CC(NC(=O)[C@H]1C[C@@H]1c1ccccc1)C(=O)NC(C[C@@H]1CCNC1=O)C(=O)C(=O)NC1CC1. The molecule has 9 nitrogen and oxygen atoms in total. The number of Topliss-reactive ketones (excluding diaryl/α,β-unsaturated/α-hetero) is 1. The molecule has 3 fully saturated rings. The van der Waals surface area contributed by atoms with E-state index in [-0.39, 0.29) is 41.5 Å². The van der Waals surface area contributed by atoms with Crippen LogP contribution in [-0.2, 0) is 24.0 Å². The number of ketones is 1. The predicted octanol–water partition coefficient (Wildman–Crippen LogP) is 1.57. The number of carbonyl (C=O) groups excluding carboxylic acids is 5. The van der Waals surface area contributed by atoms with Gasteiger partial charge in [0.1, 0.15) is 6.04 Å². The van der Waals surface area contributed by atoms with Gasteiger partial charge in [-0.05, 0) is 55.4 Å². The lowest BCUT2D eigenvalue weighted by Crippen LogP contribution is -2.55. The van der Waals surface area contributed by atoms with Crippen molar-refractivity contribution < 1.29 is 24.0 Å². The molecule has 4 N–H and O–H groups in total. The van der Waals surface area contributed by atoms with Gasteiger partial charge in [0.2, 0.25) is 23.5 Å². The van der Waals surface area contributed by atoms with Crippen molar-refractivity contribution in [2.45, 2.75) is 83.3 Å². The molecule has 0 spiro atoms. The molecule has 0 bridgehead atoms. The molecule has 1 aromatic rings. The quantitative estimate of drug-likeness (QED) is 0.336. The number of carbonyl (C=O) groups is 5. The van der Waals surface area contributed by atoms with Crippen molar-refractivity contribution in [1.29, 1.82) is 0 Å². The maximum Gasteiger partial charge on any atom is 0.289 e. The van der Waals surface area contributed by atoms with Crippen LogP contribution in [0.4, 0.5) is 0 Å². The van der Waals surface area contributed by atoms with Crippen molar-refractivity contribution in [3.63, 3.8) is 0 Å². The normalized spacial score (nSPS) is 24.4. The third-order valence-corrected chi connectivity index (χ3v) is 7.26. The Morgan fingerprint density at radius 3 is 2.30 bits per heavy atom. The van der Waals surface area contributed by atoms with E-state index in [9.17, 15) is 24.0 Å². The van der Waals surface area contributed by atoms with Crippen LogP contribution < -0.4 is 21.3 Å². The third kappa shape index (κ3) is 7.40. The summed E-state index contributed by atoms with van der Waals surface area (Å²) in [6.07, 6.45) is 3.31. The first-order chi connectivity index (χ1) is 17.5. The second-order valence-corrected chi connectivity index (χ2v) is 11.9. The van der Waals surface area contributed by atoms with Gasteiger partial charge in [0.05, 0.1) is 6.04 Å². The van der Waals surface area contributed by atoms with E-state index in [0.29, 0.717) is 19.4 Å². The van der Waals surface area contributed by atoms with Crippen LogP contribution >= 0.6 is 0 Å². The average molecular weight is 511 g/mol. The third-order valence-electron chi connectivity index (χ3n) is 7.26. The summed E-state index contributed by atoms with van der Waals surface area (Å²) < 4.78 is 0. The maximum absolute atomic E-state index is 13.5. The number of hydrogen-bond acceptors (Lipinski definition) is 5. The number of hydrogen-bond donors (Lipinski definition) is 4. The maximum atomic E-state index is 13.5. The Morgan fingerprint density at radius 2 is 1.70 bits per heavy atom. The van der Waals surface area contributed by atoms with Crippen LogP contribution in [0.2, 0.25) is 0 Å². The van der Waals surface area contributed by atoms with Gasteiger partial charge in [-0.2, -0.15) is 0 Å². The van der Waals surface area contributed by atoms with Gasteiger partial charge in [-0.1, -0.05) is 51.1 Å². The standard InChI is InChI=1S/C28H38N4O5/c1-28(2,3)15-22(32-25(35)20-14-19(20)16-7-5-4-6-8-16)26(36)31-21(13-17-11-12-29-24(17)34)23(33)27(37)30-18-9-10-18/h4-8,17-22H,9-15H2,1-3H3,(H,29,34)(H,30,37)(H,31,36)(H,32,35)/t17-,19+,20-,21?,22?/m0/s1. The van der Waals surface area contributed by atoms with Gasteiger partial charge in [-0.15, -0.1) is 0 Å². The molecule has 2 aliphatic carbocycles. The molecule has 37 heavy (non-hydrogen) atoms. The van der Waals surface area contributed by atoms with Gasteiger partial charge in [-0.3, -0.25) is 24.0 Å². The van der Waals surface area contributed by atoms with Crippen molar-refractivity contribution in [3.05, 3.63) is 35.9 Å². The Balaban J connectivity index is 1.44. The highest BCUT2D eigenvalue weighted by Gasteiger charge is 2.45. The van der Waals surface area contributed by atoms with Crippen LogP contribution in [0, 0.1) is 17.3 Å². The zero-order chi connectivity index (χ0) is 26.7. The largest absolute Gasteiger partial charge is 0.356 e. The second-order valence-electron chi connectivity index (χ2n) is 11.9. The lowest BCUT2D eigenvalue weighted by molar-refractivity contribution is -0.141. The molecule has 1 heterocycles. The molecule has 2 saturated carbocycles. The van der Waals surface area contributed by atoms with Gasteiger partial charge in [0.25, 0.3) is 5.91 Å². The van der Waals surface area contributed by atoms with Gasteiger partial charge in [-0.25, -0.2) is 0 Å². The molecule has 4 rings (SSSR count). The summed E-state index contributed by atoms with van der Waals surface area (Å²) in [4.78, 5) is 64.3. The molecular formula is C28H38N4O5. The topological polar surface area (TPSA) is 133 Å². The van der Waals surface area contributed by atoms with E-state index in [1.165, 1.54) is 0 Å². The summed E-state index contributed by atoms with van der Waals surface area (Å²) in [6.45, 7) is 6.41. The van der Waals surface area contributed by atoms with E-state index in [2.05, 4.69) is 21.3 Å². The molecule has 4 amide bonds. The molecular weight excluding hydrogens is 472 g/mol. The fraction of sp³-hybridized carbons (Fsp3) is 0.607. The lowest BCUT2D eigenvalue weighted by atomic mass is 9.87. The van der Waals surface area contributed by atoms with Crippen LogP contribution in [0.1, 0.15) is 70.8 Å². The second kappa shape index (κ2) is 11.0. The smallest absolute Gasteiger partial charge is 0.289 e. The first kappa shape index (κ1) is 26.8. The number of benzene rings is 1. The lowest BCUT2D eigenvalue weighted by Gasteiger charge is -2.28. The molecule has 3 aliphatic rings. The summed E-state index contributed by atoms with van der Waals surface area (Å²) in [7, 11) is 0. The summed E-state index contributed by atoms with van der Waals surface area (Å²) >= 11 is 0.